The van der Waals surface area contributed by atoms with Gasteiger partial charge in [-0.2, -0.15) is 0 Å². The third-order valence-corrected chi connectivity index (χ3v) is 4.73. The van der Waals surface area contributed by atoms with Crippen molar-refractivity contribution in [2.45, 2.75) is 38.8 Å². The molecule has 0 amide bonds. The molecule has 1 unspecified atom stereocenters. The second-order valence-corrected chi connectivity index (χ2v) is 6.47. The summed E-state index contributed by atoms with van der Waals surface area (Å²) in [6, 6.07) is 12.2. The van der Waals surface area contributed by atoms with Crippen LogP contribution >= 0.6 is 0 Å². The van der Waals surface area contributed by atoms with Gasteiger partial charge in [0.15, 0.2) is 0 Å². The van der Waals surface area contributed by atoms with Crippen LogP contribution in [0.4, 0.5) is 0 Å². The van der Waals surface area contributed by atoms with E-state index in [9.17, 15) is 0 Å². The largest absolute Gasteiger partial charge is 0.298 e. The summed E-state index contributed by atoms with van der Waals surface area (Å²) in [6.45, 7) is 9.58. The van der Waals surface area contributed by atoms with Crippen molar-refractivity contribution in [3.63, 3.8) is 0 Å². The Kier molecular flexibility index (Phi) is 4.23. The molecule has 0 spiro atoms. The number of hydrogen-bond donors (Lipinski definition) is 0. The van der Waals surface area contributed by atoms with Crippen molar-refractivity contribution in [3.05, 3.63) is 41.5 Å². The summed E-state index contributed by atoms with van der Waals surface area (Å²) < 4.78 is 0. The van der Waals surface area contributed by atoms with E-state index in [4.69, 9.17) is 0 Å². The van der Waals surface area contributed by atoms with Gasteiger partial charge in [0, 0.05) is 31.7 Å². The molecule has 0 aromatic heterocycles. The molecule has 2 aliphatic heterocycles. The lowest BCUT2D eigenvalue weighted by Gasteiger charge is -2.42. The van der Waals surface area contributed by atoms with Gasteiger partial charge in [-0.25, -0.2) is 0 Å². The van der Waals surface area contributed by atoms with Crippen LogP contribution < -0.4 is 0 Å². The molecule has 1 aromatic rings. The van der Waals surface area contributed by atoms with Gasteiger partial charge in [-0.05, 0) is 38.8 Å². The quantitative estimate of drug-likeness (QED) is 0.832. The van der Waals surface area contributed by atoms with Crippen molar-refractivity contribution in [2.75, 3.05) is 26.2 Å². The normalized spacial score (nSPS) is 28.6. The summed E-state index contributed by atoms with van der Waals surface area (Å²) in [6.07, 6.45) is 5.11. The number of nitrogens with zero attached hydrogens (tertiary/aromatic N) is 2. The zero-order chi connectivity index (χ0) is 13.9. The first kappa shape index (κ1) is 13.8. The van der Waals surface area contributed by atoms with Crippen molar-refractivity contribution in [3.8, 4) is 0 Å². The molecule has 2 fully saturated rings. The van der Waals surface area contributed by atoms with E-state index in [0.717, 1.165) is 12.6 Å². The molecule has 2 heterocycles. The van der Waals surface area contributed by atoms with Crippen molar-refractivity contribution in [1.29, 1.82) is 0 Å². The lowest BCUT2D eigenvalue weighted by atomic mass is 10.1. The molecule has 2 heteroatoms. The molecule has 3 rings (SSSR count). The Bertz CT molecular complexity index is 466. The highest BCUT2D eigenvalue weighted by Crippen LogP contribution is 2.25. The van der Waals surface area contributed by atoms with Crippen LogP contribution in [0.25, 0.3) is 6.08 Å². The molecule has 0 N–H and O–H groups in total. The van der Waals surface area contributed by atoms with Crippen LogP contribution in [0.15, 0.2) is 35.9 Å². The Hall–Kier alpha value is -1.12. The second-order valence-electron chi connectivity index (χ2n) is 6.47. The van der Waals surface area contributed by atoms with Crippen molar-refractivity contribution in [1.82, 2.24) is 9.80 Å². The zero-order valence-electron chi connectivity index (χ0n) is 12.8. The monoisotopic (exact) mass is 270 g/mol. The summed E-state index contributed by atoms with van der Waals surface area (Å²) in [5.74, 6) is 0. The highest BCUT2D eigenvalue weighted by atomic mass is 15.3. The first-order valence-corrected chi connectivity index (χ1v) is 7.92. The summed E-state index contributed by atoms with van der Waals surface area (Å²) in [5, 5.41) is 0. The van der Waals surface area contributed by atoms with E-state index < -0.39 is 0 Å². The number of piperazine rings is 1. The molecule has 0 radical (unpaired) electrons. The fraction of sp³-hybridized carbons (Fsp3) is 0.556. The van der Waals surface area contributed by atoms with E-state index in [2.05, 4.69) is 60.1 Å². The molecule has 0 bridgehead atoms. The minimum Gasteiger partial charge on any atom is -0.298 e. The number of fused-ring (bicyclic) bond motifs is 1. The van der Waals surface area contributed by atoms with E-state index >= 15 is 0 Å². The standard InChI is InChI=1S/C18H26N2/c1-15(11-17-7-4-3-5-8-17)12-20-14-18-9-6-10-19(18)13-16(20)2/h3-5,7-8,11,16,18H,6,9-10,12-14H2,1-2H3/b15-11+/t16-,18?/m1/s1. The SMILES string of the molecule is C/C(=C\c1ccccc1)CN1CC2CCCN2C[C@H]1C. The maximum atomic E-state index is 2.69. The molecule has 2 atom stereocenters. The summed E-state index contributed by atoms with van der Waals surface area (Å²) in [4.78, 5) is 5.36. The Morgan fingerprint density at radius 2 is 2.05 bits per heavy atom. The zero-order valence-corrected chi connectivity index (χ0v) is 12.8. The molecule has 0 aliphatic carbocycles. The smallest absolute Gasteiger partial charge is 0.0224 e. The predicted molar refractivity (Wildman–Crippen MR) is 85.7 cm³/mol. The number of hydrogen-bond acceptors (Lipinski definition) is 2. The molecule has 0 saturated carbocycles. The Labute approximate surface area is 123 Å². The summed E-state index contributed by atoms with van der Waals surface area (Å²) in [7, 11) is 0. The third kappa shape index (κ3) is 3.13. The van der Waals surface area contributed by atoms with Gasteiger partial charge in [0.1, 0.15) is 0 Å². The molecule has 2 aliphatic rings. The third-order valence-electron chi connectivity index (χ3n) is 4.73. The van der Waals surface area contributed by atoms with E-state index in [-0.39, 0.29) is 0 Å². The molecular formula is C18H26N2. The lowest BCUT2D eigenvalue weighted by molar-refractivity contribution is 0.0668. The molecule has 2 nitrogen and oxygen atoms in total. The molecule has 108 valence electrons. The van der Waals surface area contributed by atoms with Crippen LogP contribution in [-0.4, -0.2) is 48.1 Å². The maximum Gasteiger partial charge on any atom is 0.0224 e. The Morgan fingerprint density at radius 3 is 2.85 bits per heavy atom. The highest BCUT2D eigenvalue weighted by Gasteiger charge is 2.33. The van der Waals surface area contributed by atoms with Crippen LogP contribution in [0.3, 0.4) is 0 Å². The van der Waals surface area contributed by atoms with Crippen LogP contribution in [-0.2, 0) is 0 Å². The molecule has 20 heavy (non-hydrogen) atoms. The van der Waals surface area contributed by atoms with Gasteiger partial charge < -0.3 is 0 Å². The van der Waals surface area contributed by atoms with Crippen LogP contribution in [0.2, 0.25) is 0 Å². The minimum atomic E-state index is 0.684. The number of benzene rings is 1. The Balaban J connectivity index is 1.63. The average Bonchev–Trinajstić information content (AvgIpc) is 2.87. The predicted octanol–water partition coefficient (Wildman–Crippen LogP) is 3.26. The first-order chi connectivity index (χ1) is 9.72. The molecule has 1 aromatic carbocycles. The fourth-order valence-electron chi connectivity index (χ4n) is 3.67. The van der Waals surface area contributed by atoms with Crippen molar-refractivity contribution < 1.29 is 0 Å². The van der Waals surface area contributed by atoms with E-state index in [1.807, 2.05) is 0 Å². The van der Waals surface area contributed by atoms with Gasteiger partial charge >= 0.3 is 0 Å². The van der Waals surface area contributed by atoms with Gasteiger partial charge in [-0.1, -0.05) is 42.0 Å². The van der Waals surface area contributed by atoms with E-state index in [0.29, 0.717) is 6.04 Å². The summed E-state index contributed by atoms with van der Waals surface area (Å²) >= 11 is 0. The van der Waals surface area contributed by atoms with Gasteiger partial charge in [0.2, 0.25) is 0 Å². The topological polar surface area (TPSA) is 6.48 Å². The van der Waals surface area contributed by atoms with Crippen LogP contribution in [0.1, 0.15) is 32.3 Å². The summed E-state index contributed by atoms with van der Waals surface area (Å²) in [5.41, 5.74) is 2.78. The maximum absolute atomic E-state index is 2.69. The van der Waals surface area contributed by atoms with Crippen molar-refractivity contribution in [2.24, 2.45) is 0 Å². The van der Waals surface area contributed by atoms with Gasteiger partial charge in [-0.15, -0.1) is 0 Å². The first-order valence-electron chi connectivity index (χ1n) is 7.92. The van der Waals surface area contributed by atoms with Crippen LogP contribution in [0, 0.1) is 0 Å². The van der Waals surface area contributed by atoms with E-state index in [1.54, 1.807) is 0 Å². The minimum absolute atomic E-state index is 0.684. The molecule has 2 saturated heterocycles. The lowest BCUT2D eigenvalue weighted by Crippen LogP contribution is -2.55. The number of rotatable bonds is 3. The van der Waals surface area contributed by atoms with Gasteiger partial charge in [-0.3, -0.25) is 9.80 Å². The van der Waals surface area contributed by atoms with Crippen LogP contribution in [0.5, 0.6) is 0 Å². The average molecular weight is 270 g/mol. The Morgan fingerprint density at radius 1 is 1.25 bits per heavy atom. The second kappa shape index (κ2) is 6.11. The van der Waals surface area contributed by atoms with E-state index in [1.165, 1.54) is 43.6 Å². The molecular weight excluding hydrogens is 244 g/mol. The highest BCUT2D eigenvalue weighted by molar-refractivity contribution is 5.52. The van der Waals surface area contributed by atoms with Gasteiger partial charge in [0.05, 0.1) is 0 Å². The fourth-order valence-corrected chi connectivity index (χ4v) is 3.67. The van der Waals surface area contributed by atoms with Gasteiger partial charge in [0.25, 0.3) is 0 Å². The van der Waals surface area contributed by atoms with Crippen molar-refractivity contribution >= 4 is 6.08 Å².